The van der Waals surface area contributed by atoms with Crippen LogP contribution in [-0.4, -0.2) is 36.8 Å². The van der Waals surface area contributed by atoms with E-state index in [0.717, 1.165) is 19.1 Å². The smallest absolute Gasteiger partial charge is 0.332 e. The number of carboxylic acid groups (broad SMARTS) is 2. The van der Waals surface area contributed by atoms with Gasteiger partial charge in [-0.05, 0) is 49.0 Å². The van der Waals surface area contributed by atoms with Crippen LogP contribution >= 0.6 is 0 Å². The van der Waals surface area contributed by atoms with E-state index in [-0.39, 0.29) is 21.9 Å². The molecule has 26 heavy (non-hydrogen) atoms. The van der Waals surface area contributed by atoms with Crippen molar-refractivity contribution in [2.45, 2.75) is 30.6 Å². The lowest BCUT2D eigenvalue weighted by Crippen LogP contribution is -2.38. The number of hydrogen-bond donors (Lipinski definition) is 2. The largest absolute Gasteiger partial charge is 0.481 e. The average Bonchev–Trinajstić information content (AvgIpc) is 3.38. The highest BCUT2D eigenvalue weighted by Crippen LogP contribution is 2.51. The number of sulfone groups is 1. The normalized spacial score (nSPS) is 26.0. The fourth-order valence-corrected chi connectivity index (χ4v) is 4.57. The number of allylic oxidation sites excluding steroid dienone is 2. The molecular weight excluding hydrogens is 356 g/mol. The topological polar surface area (TPSA) is 109 Å². The van der Waals surface area contributed by atoms with Crippen molar-refractivity contribution in [3.63, 3.8) is 0 Å². The third kappa shape index (κ3) is 3.07. The molecule has 0 saturated heterocycles. The van der Waals surface area contributed by atoms with Crippen molar-refractivity contribution in [2.75, 3.05) is 6.26 Å². The summed E-state index contributed by atoms with van der Waals surface area (Å²) in [6.07, 6.45) is 5.95. The standard InChI is InChI=1S/C19H20O6S/c1-19(18(22)23)10-12(11-7-8-11)9-14(17(20)21)16(19)13-5-3-4-6-15(13)26(2,24)25/h3-6,9-11,16H,7-8H2,1-2H3,(H,20,21)(H,22,23). The predicted molar refractivity (Wildman–Crippen MR) is 94.6 cm³/mol. The van der Waals surface area contributed by atoms with Gasteiger partial charge in [-0.3, -0.25) is 4.79 Å². The summed E-state index contributed by atoms with van der Waals surface area (Å²) < 4.78 is 24.4. The van der Waals surface area contributed by atoms with Crippen molar-refractivity contribution in [1.82, 2.24) is 0 Å². The molecule has 2 aliphatic carbocycles. The zero-order chi connectivity index (χ0) is 19.3. The van der Waals surface area contributed by atoms with Gasteiger partial charge in [-0.25, -0.2) is 13.2 Å². The van der Waals surface area contributed by atoms with E-state index >= 15 is 0 Å². The van der Waals surface area contributed by atoms with Crippen molar-refractivity contribution < 1.29 is 28.2 Å². The lowest BCUT2D eigenvalue weighted by Gasteiger charge is -2.37. The summed E-state index contributed by atoms with van der Waals surface area (Å²) in [4.78, 5) is 24.1. The van der Waals surface area contributed by atoms with Gasteiger partial charge in [0.15, 0.2) is 9.84 Å². The highest BCUT2D eigenvalue weighted by Gasteiger charge is 2.49. The molecule has 0 aliphatic heterocycles. The Morgan fingerprint density at radius 2 is 1.77 bits per heavy atom. The Hall–Kier alpha value is -2.41. The van der Waals surface area contributed by atoms with Gasteiger partial charge in [0.1, 0.15) is 0 Å². The molecule has 1 saturated carbocycles. The number of aliphatic carboxylic acids is 2. The molecule has 6 nitrogen and oxygen atoms in total. The van der Waals surface area contributed by atoms with Gasteiger partial charge in [-0.15, -0.1) is 0 Å². The molecular formula is C19H20O6S. The van der Waals surface area contributed by atoms with Crippen molar-refractivity contribution in [3.05, 3.63) is 53.1 Å². The zero-order valence-electron chi connectivity index (χ0n) is 14.5. The molecule has 1 aromatic carbocycles. The van der Waals surface area contributed by atoms with Gasteiger partial charge in [0.25, 0.3) is 0 Å². The molecule has 0 spiro atoms. The first-order valence-electron chi connectivity index (χ1n) is 8.25. The number of carboxylic acids is 2. The number of carbonyl (C=O) groups is 2. The fourth-order valence-electron chi connectivity index (χ4n) is 3.63. The maximum atomic E-state index is 12.2. The van der Waals surface area contributed by atoms with Gasteiger partial charge >= 0.3 is 11.9 Å². The molecule has 0 heterocycles. The summed E-state index contributed by atoms with van der Waals surface area (Å²) in [7, 11) is -3.66. The first kappa shape index (κ1) is 18.4. The molecule has 138 valence electrons. The average molecular weight is 376 g/mol. The van der Waals surface area contributed by atoms with Crippen molar-refractivity contribution in [3.8, 4) is 0 Å². The highest BCUT2D eigenvalue weighted by molar-refractivity contribution is 7.90. The number of benzene rings is 1. The van der Waals surface area contributed by atoms with Gasteiger partial charge < -0.3 is 10.2 Å². The second-order valence-corrected chi connectivity index (χ2v) is 9.14. The predicted octanol–water partition coefficient (Wildman–Crippen LogP) is 2.63. The Bertz CT molecular complexity index is 952. The van der Waals surface area contributed by atoms with E-state index in [2.05, 4.69) is 0 Å². The molecule has 3 rings (SSSR count). The van der Waals surface area contributed by atoms with Gasteiger partial charge in [0.2, 0.25) is 0 Å². The minimum atomic E-state index is -3.66. The van der Waals surface area contributed by atoms with Crippen LogP contribution in [0, 0.1) is 11.3 Å². The molecule has 7 heteroatoms. The van der Waals surface area contributed by atoms with E-state index in [1.807, 2.05) is 0 Å². The van der Waals surface area contributed by atoms with E-state index in [1.54, 1.807) is 12.1 Å². The molecule has 0 radical (unpaired) electrons. The van der Waals surface area contributed by atoms with E-state index in [0.29, 0.717) is 5.57 Å². The summed E-state index contributed by atoms with van der Waals surface area (Å²) in [6, 6.07) is 6.00. The second-order valence-electron chi connectivity index (χ2n) is 7.15. The maximum Gasteiger partial charge on any atom is 0.332 e. The second kappa shape index (κ2) is 6.09. The molecule has 2 unspecified atom stereocenters. The SMILES string of the molecule is CC1(C(=O)O)C=C(C2CC2)C=C(C(=O)O)C1c1ccccc1S(C)(=O)=O. The Kier molecular flexibility index (Phi) is 4.30. The Balaban J connectivity index is 2.29. The van der Waals surface area contributed by atoms with Crippen LogP contribution in [0.25, 0.3) is 0 Å². The van der Waals surface area contributed by atoms with Gasteiger partial charge in [-0.1, -0.05) is 24.3 Å². The first-order chi connectivity index (χ1) is 12.1. The Labute approximate surface area is 151 Å². The van der Waals surface area contributed by atoms with E-state index < -0.39 is 33.1 Å². The van der Waals surface area contributed by atoms with E-state index in [1.165, 1.54) is 31.2 Å². The minimum absolute atomic E-state index is 0.0482. The number of rotatable bonds is 5. The zero-order valence-corrected chi connectivity index (χ0v) is 15.3. The molecule has 1 fully saturated rings. The van der Waals surface area contributed by atoms with Crippen LogP contribution in [0.3, 0.4) is 0 Å². The monoisotopic (exact) mass is 376 g/mol. The minimum Gasteiger partial charge on any atom is -0.481 e. The molecule has 1 aromatic rings. The first-order valence-corrected chi connectivity index (χ1v) is 10.1. The molecule has 0 bridgehead atoms. The van der Waals surface area contributed by atoms with E-state index in [9.17, 15) is 28.2 Å². The van der Waals surface area contributed by atoms with Crippen LogP contribution in [0.2, 0.25) is 0 Å². The van der Waals surface area contributed by atoms with Crippen molar-refractivity contribution in [2.24, 2.45) is 11.3 Å². The number of hydrogen-bond acceptors (Lipinski definition) is 4. The molecule has 0 aromatic heterocycles. The Morgan fingerprint density at radius 1 is 1.15 bits per heavy atom. The molecule has 0 amide bonds. The van der Waals surface area contributed by atoms with Gasteiger partial charge in [0.05, 0.1) is 10.3 Å². The fraction of sp³-hybridized carbons (Fsp3) is 0.368. The van der Waals surface area contributed by atoms with Gasteiger partial charge in [0, 0.05) is 17.7 Å². The molecule has 2 aliphatic rings. The van der Waals surface area contributed by atoms with Crippen molar-refractivity contribution in [1.29, 1.82) is 0 Å². The van der Waals surface area contributed by atoms with Crippen LogP contribution in [-0.2, 0) is 19.4 Å². The summed E-state index contributed by atoms with van der Waals surface area (Å²) in [5.41, 5.74) is -0.739. The molecule has 2 N–H and O–H groups in total. The van der Waals surface area contributed by atoms with Gasteiger partial charge in [-0.2, -0.15) is 0 Å². The summed E-state index contributed by atoms with van der Waals surface area (Å²) in [6.45, 7) is 1.46. The molecule has 2 atom stereocenters. The lowest BCUT2D eigenvalue weighted by atomic mass is 9.65. The summed E-state index contributed by atoms with van der Waals surface area (Å²) in [5, 5.41) is 19.7. The lowest BCUT2D eigenvalue weighted by molar-refractivity contribution is -0.146. The van der Waals surface area contributed by atoms with Crippen molar-refractivity contribution >= 4 is 21.8 Å². The highest BCUT2D eigenvalue weighted by atomic mass is 32.2. The summed E-state index contributed by atoms with van der Waals surface area (Å²) >= 11 is 0. The van der Waals surface area contributed by atoms with Crippen LogP contribution in [0.5, 0.6) is 0 Å². The van der Waals surface area contributed by atoms with Crippen LogP contribution < -0.4 is 0 Å². The third-order valence-corrected chi connectivity index (χ3v) is 6.26. The summed E-state index contributed by atoms with van der Waals surface area (Å²) in [5.74, 6) is -3.35. The van der Waals surface area contributed by atoms with Crippen LogP contribution in [0.15, 0.2) is 52.5 Å². The quantitative estimate of drug-likeness (QED) is 0.818. The van der Waals surface area contributed by atoms with Crippen LogP contribution in [0.4, 0.5) is 0 Å². The third-order valence-electron chi connectivity index (χ3n) is 5.09. The van der Waals surface area contributed by atoms with E-state index in [4.69, 9.17) is 0 Å². The maximum absolute atomic E-state index is 12.2. The van der Waals surface area contributed by atoms with Crippen LogP contribution in [0.1, 0.15) is 31.2 Å². The Morgan fingerprint density at radius 3 is 2.27 bits per heavy atom.